The molecular formula is C21H21FN4O3. The highest BCUT2D eigenvalue weighted by molar-refractivity contribution is 5.78. The molecule has 0 spiro atoms. The van der Waals surface area contributed by atoms with Crippen LogP contribution in [0.2, 0.25) is 0 Å². The van der Waals surface area contributed by atoms with E-state index in [0.29, 0.717) is 49.3 Å². The second-order valence-electron chi connectivity index (χ2n) is 6.78. The van der Waals surface area contributed by atoms with Crippen molar-refractivity contribution in [3.05, 3.63) is 60.2 Å². The lowest BCUT2D eigenvalue weighted by molar-refractivity contribution is -0.133. The zero-order valence-electron chi connectivity index (χ0n) is 16.0. The first-order chi connectivity index (χ1) is 14.1. The van der Waals surface area contributed by atoms with Gasteiger partial charge in [-0.15, -0.1) is 0 Å². The average Bonchev–Trinajstić information content (AvgIpc) is 3.19. The number of ether oxygens (including phenoxy) is 1. The summed E-state index contributed by atoms with van der Waals surface area (Å²) < 4.78 is 24.8. The number of halogens is 1. The number of anilines is 1. The minimum absolute atomic E-state index is 0.0635. The van der Waals surface area contributed by atoms with Crippen LogP contribution >= 0.6 is 0 Å². The maximum absolute atomic E-state index is 13.9. The molecule has 0 atom stereocenters. The summed E-state index contributed by atoms with van der Waals surface area (Å²) in [6, 6.07) is 13.9. The van der Waals surface area contributed by atoms with Crippen LogP contribution in [0.1, 0.15) is 5.82 Å². The normalized spacial score (nSPS) is 14.1. The summed E-state index contributed by atoms with van der Waals surface area (Å²) >= 11 is 0. The van der Waals surface area contributed by atoms with Gasteiger partial charge in [-0.3, -0.25) is 4.79 Å². The van der Waals surface area contributed by atoms with E-state index in [1.807, 2.05) is 23.1 Å². The van der Waals surface area contributed by atoms with Crippen LogP contribution in [0.25, 0.3) is 11.5 Å². The number of aromatic nitrogens is 2. The first-order valence-corrected chi connectivity index (χ1v) is 9.41. The standard InChI is InChI=1S/C21H21FN4O3/c1-15-23-21(29-24-15)16-5-4-6-17(13-16)28-14-20(27)26-11-9-25(10-12-26)19-8-3-2-7-18(19)22/h2-8,13H,9-12,14H2,1H3. The highest BCUT2D eigenvalue weighted by Crippen LogP contribution is 2.23. The summed E-state index contributed by atoms with van der Waals surface area (Å²) in [7, 11) is 0. The molecule has 1 saturated heterocycles. The van der Waals surface area contributed by atoms with Crippen LogP contribution in [0, 0.1) is 12.7 Å². The Labute approximate surface area is 167 Å². The summed E-state index contributed by atoms with van der Waals surface area (Å²) in [5.41, 5.74) is 1.30. The molecule has 29 heavy (non-hydrogen) atoms. The number of amides is 1. The predicted octanol–water partition coefficient (Wildman–Crippen LogP) is 2.91. The van der Waals surface area contributed by atoms with Crippen LogP contribution in [-0.2, 0) is 4.79 Å². The molecule has 4 rings (SSSR count). The fraction of sp³-hybridized carbons (Fsp3) is 0.286. The lowest BCUT2D eigenvalue weighted by Crippen LogP contribution is -2.50. The first-order valence-electron chi connectivity index (χ1n) is 9.41. The molecule has 0 radical (unpaired) electrons. The maximum atomic E-state index is 13.9. The fourth-order valence-corrected chi connectivity index (χ4v) is 3.27. The Balaban J connectivity index is 1.31. The molecule has 1 aromatic heterocycles. The van der Waals surface area contributed by atoms with Crippen LogP contribution in [0.5, 0.6) is 5.75 Å². The van der Waals surface area contributed by atoms with Crippen molar-refractivity contribution in [1.29, 1.82) is 0 Å². The van der Waals surface area contributed by atoms with Gasteiger partial charge in [0.15, 0.2) is 12.4 Å². The van der Waals surface area contributed by atoms with Gasteiger partial charge in [0.25, 0.3) is 11.8 Å². The van der Waals surface area contributed by atoms with E-state index in [1.165, 1.54) is 6.07 Å². The van der Waals surface area contributed by atoms with Crippen molar-refractivity contribution in [3.8, 4) is 17.2 Å². The summed E-state index contributed by atoms with van der Waals surface area (Å²) in [6.45, 7) is 3.90. The molecule has 2 aromatic carbocycles. The number of nitrogens with zero attached hydrogens (tertiary/aromatic N) is 4. The Hall–Kier alpha value is -3.42. The number of aryl methyl sites for hydroxylation is 1. The monoisotopic (exact) mass is 396 g/mol. The smallest absolute Gasteiger partial charge is 0.260 e. The van der Waals surface area contributed by atoms with Crippen molar-refractivity contribution in [2.45, 2.75) is 6.92 Å². The van der Waals surface area contributed by atoms with E-state index < -0.39 is 0 Å². The topological polar surface area (TPSA) is 71.7 Å². The zero-order chi connectivity index (χ0) is 20.2. The molecule has 0 unspecified atom stereocenters. The quantitative estimate of drug-likeness (QED) is 0.660. The Morgan fingerprint density at radius 2 is 1.93 bits per heavy atom. The number of rotatable bonds is 5. The van der Waals surface area contributed by atoms with Crippen molar-refractivity contribution in [2.24, 2.45) is 0 Å². The van der Waals surface area contributed by atoms with Crippen LogP contribution < -0.4 is 9.64 Å². The zero-order valence-corrected chi connectivity index (χ0v) is 16.0. The molecule has 7 nitrogen and oxygen atoms in total. The van der Waals surface area contributed by atoms with Crippen molar-refractivity contribution in [2.75, 3.05) is 37.7 Å². The molecule has 0 aliphatic carbocycles. The van der Waals surface area contributed by atoms with E-state index in [0.717, 1.165) is 5.56 Å². The van der Waals surface area contributed by atoms with Gasteiger partial charge >= 0.3 is 0 Å². The van der Waals surface area contributed by atoms with Gasteiger partial charge in [0.05, 0.1) is 5.69 Å². The Morgan fingerprint density at radius 3 is 2.66 bits per heavy atom. The predicted molar refractivity (Wildman–Crippen MR) is 105 cm³/mol. The minimum Gasteiger partial charge on any atom is -0.484 e. The van der Waals surface area contributed by atoms with Gasteiger partial charge in [0.2, 0.25) is 0 Å². The number of carbonyl (C=O) groups is 1. The summed E-state index contributed by atoms with van der Waals surface area (Å²) in [5.74, 6) is 1.17. The third kappa shape index (κ3) is 4.37. The van der Waals surface area contributed by atoms with Crippen LogP contribution in [-0.4, -0.2) is 53.7 Å². The molecule has 0 saturated carbocycles. The van der Waals surface area contributed by atoms with E-state index in [4.69, 9.17) is 9.26 Å². The van der Waals surface area contributed by atoms with E-state index in [9.17, 15) is 9.18 Å². The number of hydrogen-bond donors (Lipinski definition) is 0. The molecule has 150 valence electrons. The first kappa shape index (κ1) is 18.9. The van der Waals surface area contributed by atoms with Crippen LogP contribution in [0.15, 0.2) is 53.1 Å². The van der Waals surface area contributed by atoms with Gasteiger partial charge in [0, 0.05) is 31.7 Å². The van der Waals surface area contributed by atoms with Crippen molar-refractivity contribution in [1.82, 2.24) is 15.0 Å². The number of piperazine rings is 1. The highest BCUT2D eigenvalue weighted by Gasteiger charge is 2.23. The average molecular weight is 396 g/mol. The molecule has 1 fully saturated rings. The molecule has 8 heteroatoms. The Morgan fingerprint density at radius 1 is 1.14 bits per heavy atom. The largest absolute Gasteiger partial charge is 0.484 e. The van der Waals surface area contributed by atoms with Crippen molar-refractivity contribution in [3.63, 3.8) is 0 Å². The molecule has 0 N–H and O–H groups in total. The van der Waals surface area contributed by atoms with Gasteiger partial charge in [-0.05, 0) is 37.3 Å². The van der Waals surface area contributed by atoms with Gasteiger partial charge in [-0.1, -0.05) is 23.4 Å². The van der Waals surface area contributed by atoms with Crippen LogP contribution in [0.3, 0.4) is 0 Å². The van der Waals surface area contributed by atoms with Crippen LogP contribution in [0.4, 0.5) is 10.1 Å². The number of hydrogen-bond acceptors (Lipinski definition) is 6. The van der Waals surface area contributed by atoms with Gasteiger partial charge < -0.3 is 19.1 Å². The lowest BCUT2D eigenvalue weighted by Gasteiger charge is -2.36. The van der Waals surface area contributed by atoms with Gasteiger partial charge in [-0.25, -0.2) is 4.39 Å². The summed E-state index contributed by atoms with van der Waals surface area (Å²) in [5, 5.41) is 3.78. The highest BCUT2D eigenvalue weighted by atomic mass is 19.1. The molecule has 3 aromatic rings. The maximum Gasteiger partial charge on any atom is 0.260 e. The lowest BCUT2D eigenvalue weighted by atomic mass is 10.2. The SMILES string of the molecule is Cc1noc(-c2cccc(OCC(=O)N3CCN(c4ccccc4F)CC3)c2)n1. The number of carbonyl (C=O) groups excluding carboxylic acids is 1. The minimum atomic E-state index is -0.244. The van der Waals surface area contributed by atoms with Crippen molar-refractivity contribution < 1.29 is 18.4 Å². The summed E-state index contributed by atoms with van der Waals surface area (Å²) in [6.07, 6.45) is 0. The molecule has 1 aliphatic heterocycles. The number of para-hydroxylation sites is 1. The van der Waals surface area contributed by atoms with E-state index in [1.54, 1.807) is 36.1 Å². The van der Waals surface area contributed by atoms with E-state index in [-0.39, 0.29) is 18.3 Å². The van der Waals surface area contributed by atoms with Gasteiger partial charge in [-0.2, -0.15) is 4.98 Å². The number of benzene rings is 2. The molecule has 1 amide bonds. The molecule has 0 bridgehead atoms. The van der Waals surface area contributed by atoms with E-state index in [2.05, 4.69) is 10.1 Å². The summed E-state index contributed by atoms with van der Waals surface area (Å²) in [4.78, 5) is 20.4. The third-order valence-corrected chi connectivity index (χ3v) is 4.80. The fourth-order valence-electron chi connectivity index (χ4n) is 3.27. The Bertz CT molecular complexity index is 999. The van der Waals surface area contributed by atoms with Gasteiger partial charge in [0.1, 0.15) is 11.6 Å². The molecule has 2 heterocycles. The second kappa shape index (κ2) is 8.30. The van der Waals surface area contributed by atoms with Crippen molar-refractivity contribution >= 4 is 11.6 Å². The molecular weight excluding hydrogens is 375 g/mol. The second-order valence-corrected chi connectivity index (χ2v) is 6.78. The molecule has 1 aliphatic rings. The third-order valence-electron chi connectivity index (χ3n) is 4.80. The Kier molecular flexibility index (Phi) is 5.41. The van der Waals surface area contributed by atoms with E-state index >= 15 is 0 Å².